The average molecular weight is 345 g/mol. The van der Waals surface area contributed by atoms with Gasteiger partial charge in [-0.15, -0.1) is 0 Å². The Labute approximate surface area is 151 Å². The molecule has 130 valence electrons. The highest BCUT2D eigenvalue weighted by atomic mass is 16.2. The molecule has 4 rings (SSSR count). The number of anilines is 2. The molecule has 26 heavy (non-hydrogen) atoms. The number of rotatable bonds is 3. The van der Waals surface area contributed by atoms with Crippen LogP contribution < -0.4 is 10.2 Å². The minimum absolute atomic E-state index is 0.149. The maximum Gasteiger partial charge on any atom is 0.255 e. The molecule has 1 aromatic heterocycles. The number of nitrogens with one attached hydrogen (secondary N) is 1. The summed E-state index contributed by atoms with van der Waals surface area (Å²) in [6, 6.07) is 16.8. The van der Waals surface area contributed by atoms with E-state index in [1.54, 1.807) is 23.2 Å². The number of pyridine rings is 1. The fourth-order valence-electron chi connectivity index (χ4n) is 3.21. The fourth-order valence-corrected chi connectivity index (χ4v) is 3.21. The largest absolute Gasteiger partial charge is 0.321 e. The number of carbonyl (C=O) groups is 2. The number of nitrogens with zero attached hydrogens (tertiary/aromatic N) is 2. The summed E-state index contributed by atoms with van der Waals surface area (Å²) in [6.07, 6.45) is 4.22. The molecular weight excluding hydrogens is 326 g/mol. The van der Waals surface area contributed by atoms with Crippen LogP contribution >= 0.6 is 0 Å². The first kappa shape index (κ1) is 16.3. The van der Waals surface area contributed by atoms with Crippen molar-refractivity contribution in [2.45, 2.75) is 19.3 Å². The maximum absolute atomic E-state index is 12.5. The minimum atomic E-state index is -0.196. The van der Waals surface area contributed by atoms with Crippen molar-refractivity contribution in [3.63, 3.8) is 0 Å². The lowest BCUT2D eigenvalue weighted by atomic mass is 10.1. The van der Waals surface area contributed by atoms with Crippen LogP contribution in [0.3, 0.4) is 0 Å². The molecule has 1 aliphatic rings. The van der Waals surface area contributed by atoms with Crippen LogP contribution in [0.4, 0.5) is 11.4 Å². The van der Waals surface area contributed by atoms with Crippen LogP contribution in [0, 0.1) is 0 Å². The van der Waals surface area contributed by atoms with E-state index in [1.807, 2.05) is 42.5 Å². The number of para-hydroxylation sites is 1. The summed E-state index contributed by atoms with van der Waals surface area (Å²) >= 11 is 0. The van der Waals surface area contributed by atoms with E-state index in [0.29, 0.717) is 17.7 Å². The quantitative estimate of drug-likeness (QED) is 0.780. The molecule has 0 bridgehead atoms. The molecule has 1 N–H and O–H groups in total. The third kappa shape index (κ3) is 3.28. The fraction of sp³-hybridized carbons (Fsp3) is 0.190. The van der Waals surface area contributed by atoms with Gasteiger partial charge in [-0.3, -0.25) is 14.6 Å². The lowest BCUT2D eigenvalue weighted by molar-refractivity contribution is -0.119. The molecular formula is C21H19N3O2. The maximum atomic E-state index is 12.5. The molecule has 2 heterocycles. The molecule has 0 unspecified atom stereocenters. The summed E-state index contributed by atoms with van der Waals surface area (Å²) in [4.78, 5) is 30.6. The highest BCUT2D eigenvalue weighted by Crippen LogP contribution is 2.22. The normalized spacial score (nSPS) is 14.5. The summed E-state index contributed by atoms with van der Waals surface area (Å²) in [5.74, 6) is -0.0470. The first-order valence-electron chi connectivity index (χ1n) is 8.77. The smallest absolute Gasteiger partial charge is 0.255 e. The number of amides is 2. The third-order valence-electron chi connectivity index (χ3n) is 4.61. The van der Waals surface area contributed by atoms with Crippen molar-refractivity contribution < 1.29 is 9.59 Å². The first-order chi connectivity index (χ1) is 12.7. The number of aromatic nitrogens is 1. The molecule has 1 saturated heterocycles. The van der Waals surface area contributed by atoms with Crippen LogP contribution in [-0.4, -0.2) is 23.3 Å². The van der Waals surface area contributed by atoms with E-state index < -0.39 is 0 Å². The summed E-state index contributed by atoms with van der Waals surface area (Å²) in [5.41, 5.74) is 2.94. The van der Waals surface area contributed by atoms with E-state index in [4.69, 9.17) is 0 Å². The lowest BCUT2D eigenvalue weighted by Crippen LogP contribution is -2.35. The molecule has 2 amide bonds. The molecule has 0 radical (unpaired) electrons. The molecule has 1 aliphatic heterocycles. The van der Waals surface area contributed by atoms with Crippen molar-refractivity contribution in [1.82, 2.24) is 4.98 Å². The monoisotopic (exact) mass is 345 g/mol. The predicted molar refractivity (Wildman–Crippen MR) is 102 cm³/mol. The average Bonchev–Trinajstić information content (AvgIpc) is 2.68. The van der Waals surface area contributed by atoms with Crippen molar-refractivity contribution in [2.24, 2.45) is 0 Å². The molecule has 0 saturated carbocycles. The van der Waals surface area contributed by atoms with Gasteiger partial charge in [-0.25, -0.2) is 0 Å². The number of fused-ring (bicyclic) bond motifs is 1. The van der Waals surface area contributed by atoms with Gasteiger partial charge in [0, 0.05) is 29.6 Å². The Morgan fingerprint density at radius 3 is 2.65 bits per heavy atom. The number of hydrogen-bond acceptors (Lipinski definition) is 3. The Bertz CT molecular complexity index is 966. The Kier molecular flexibility index (Phi) is 4.35. The molecule has 5 heteroatoms. The molecule has 0 aliphatic carbocycles. The number of carbonyl (C=O) groups excluding carboxylic acids is 2. The van der Waals surface area contributed by atoms with Crippen molar-refractivity contribution in [2.75, 3.05) is 16.8 Å². The summed E-state index contributed by atoms with van der Waals surface area (Å²) < 4.78 is 0. The van der Waals surface area contributed by atoms with E-state index in [0.717, 1.165) is 36.0 Å². The van der Waals surface area contributed by atoms with Crippen molar-refractivity contribution in [1.29, 1.82) is 0 Å². The topological polar surface area (TPSA) is 62.3 Å². The van der Waals surface area contributed by atoms with Crippen molar-refractivity contribution >= 4 is 34.1 Å². The molecule has 0 spiro atoms. The second kappa shape index (κ2) is 6.96. The molecule has 3 aromatic rings. The van der Waals surface area contributed by atoms with Gasteiger partial charge < -0.3 is 10.2 Å². The highest BCUT2D eigenvalue weighted by molar-refractivity contribution is 6.05. The lowest BCUT2D eigenvalue weighted by Gasteiger charge is -2.26. The van der Waals surface area contributed by atoms with Crippen molar-refractivity contribution in [3.8, 4) is 0 Å². The zero-order chi connectivity index (χ0) is 17.9. The van der Waals surface area contributed by atoms with E-state index in [9.17, 15) is 9.59 Å². The molecule has 1 fully saturated rings. The van der Waals surface area contributed by atoms with Crippen LogP contribution in [-0.2, 0) is 4.79 Å². The van der Waals surface area contributed by atoms with Gasteiger partial charge in [0.2, 0.25) is 5.91 Å². The zero-order valence-electron chi connectivity index (χ0n) is 14.3. The van der Waals surface area contributed by atoms with E-state index in [2.05, 4.69) is 10.3 Å². The van der Waals surface area contributed by atoms with Gasteiger partial charge in [0.05, 0.1) is 17.4 Å². The first-order valence-corrected chi connectivity index (χ1v) is 8.77. The van der Waals surface area contributed by atoms with Gasteiger partial charge in [0.15, 0.2) is 0 Å². The number of benzene rings is 2. The minimum Gasteiger partial charge on any atom is -0.321 e. The Balaban J connectivity index is 1.49. The van der Waals surface area contributed by atoms with Crippen LogP contribution in [0.15, 0.2) is 60.8 Å². The summed E-state index contributed by atoms with van der Waals surface area (Å²) in [5, 5.41) is 3.85. The van der Waals surface area contributed by atoms with Gasteiger partial charge in [0.1, 0.15) is 0 Å². The van der Waals surface area contributed by atoms with Gasteiger partial charge in [-0.05, 0) is 49.2 Å². The summed E-state index contributed by atoms with van der Waals surface area (Å²) in [6.45, 7) is 0.743. The SMILES string of the molecule is O=C(Nc1cnc2ccccc2c1)c1ccc(N2CCCCC2=O)cc1. The third-order valence-corrected chi connectivity index (χ3v) is 4.61. The Morgan fingerprint density at radius 1 is 1.04 bits per heavy atom. The van der Waals surface area contributed by atoms with E-state index >= 15 is 0 Å². The standard InChI is InChI=1S/C21H19N3O2/c25-20-7-3-4-12-24(20)18-10-8-15(9-11-18)21(26)23-17-13-16-5-1-2-6-19(16)22-14-17/h1-2,5-6,8-11,13-14H,3-4,7,12H2,(H,23,26). The predicted octanol–water partition coefficient (Wildman–Crippen LogP) is 4.00. The van der Waals surface area contributed by atoms with Crippen LogP contribution in [0.2, 0.25) is 0 Å². The van der Waals surface area contributed by atoms with E-state index in [-0.39, 0.29) is 11.8 Å². The number of piperidine rings is 1. The van der Waals surface area contributed by atoms with Crippen LogP contribution in [0.25, 0.3) is 10.9 Å². The van der Waals surface area contributed by atoms with Gasteiger partial charge >= 0.3 is 0 Å². The summed E-state index contributed by atoms with van der Waals surface area (Å²) in [7, 11) is 0. The molecule has 0 atom stereocenters. The second-order valence-electron chi connectivity index (χ2n) is 6.42. The zero-order valence-corrected chi connectivity index (χ0v) is 14.3. The Hall–Kier alpha value is -3.21. The highest BCUT2D eigenvalue weighted by Gasteiger charge is 2.19. The van der Waals surface area contributed by atoms with Gasteiger partial charge in [-0.2, -0.15) is 0 Å². The van der Waals surface area contributed by atoms with E-state index in [1.165, 1.54) is 0 Å². The second-order valence-corrected chi connectivity index (χ2v) is 6.42. The van der Waals surface area contributed by atoms with Crippen LogP contribution in [0.5, 0.6) is 0 Å². The van der Waals surface area contributed by atoms with Gasteiger partial charge in [-0.1, -0.05) is 18.2 Å². The van der Waals surface area contributed by atoms with Crippen molar-refractivity contribution in [3.05, 3.63) is 66.4 Å². The molecule has 5 nitrogen and oxygen atoms in total. The van der Waals surface area contributed by atoms with Crippen LogP contribution in [0.1, 0.15) is 29.6 Å². The molecule has 2 aromatic carbocycles. The Morgan fingerprint density at radius 2 is 1.85 bits per heavy atom. The number of hydrogen-bond donors (Lipinski definition) is 1. The van der Waals surface area contributed by atoms with Gasteiger partial charge in [0.25, 0.3) is 5.91 Å².